The van der Waals surface area contributed by atoms with Gasteiger partial charge < -0.3 is 20.3 Å². The molecule has 1 aromatic heterocycles. The third-order valence-corrected chi connectivity index (χ3v) is 5.83. The molecular weight excluding hydrogens is 373 g/mol. The number of nitrogens with one attached hydrogen (secondary N) is 2. The molecule has 0 amide bonds. The topological polar surface area (TPSA) is 62.3 Å². The van der Waals surface area contributed by atoms with Gasteiger partial charge in [-0.05, 0) is 59.0 Å². The van der Waals surface area contributed by atoms with Gasteiger partial charge in [-0.2, -0.15) is 4.98 Å². The highest BCUT2D eigenvalue weighted by Crippen LogP contribution is 2.35. The molecule has 1 atom stereocenters. The monoisotopic (exact) mass is 403 g/mol. The van der Waals surface area contributed by atoms with Gasteiger partial charge in [0.05, 0.1) is 18.2 Å². The van der Waals surface area contributed by atoms with E-state index >= 15 is 0 Å². The van der Waals surface area contributed by atoms with E-state index in [9.17, 15) is 0 Å². The molecule has 0 radical (unpaired) electrons. The number of halogens is 2. The first kappa shape index (κ1) is 21.5. The van der Waals surface area contributed by atoms with Crippen molar-refractivity contribution in [3.8, 4) is 0 Å². The second-order valence-electron chi connectivity index (χ2n) is 7.57. The molecule has 2 N–H and O–H groups in total. The van der Waals surface area contributed by atoms with Crippen LogP contribution in [0.5, 0.6) is 0 Å². The minimum Gasteiger partial charge on any atom is -0.373 e. The van der Waals surface area contributed by atoms with E-state index in [4.69, 9.17) is 14.7 Å². The zero-order valence-electron chi connectivity index (χ0n) is 15.7. The lowest BCUT2D eigenvalue weighted by Crippen LogP contribution is -2.41. The van der Waals surface area contributed by atoms with Crippen LogP contribution in [0.15, 0.2) is 0 Å². The SMILES string of the molecule is Cc1nc(N2CCCC2)nc(NC2COC3(CCNCC3)C2)c1C.Cl.Cl. The molecule has 148 valence electrons. The van der Waals surface area contributed by atoms with Crippen LogP contribution in [0.1, 0.15) is 43.4 Å². The Kier molecular flexibility index (Phi) is 7.36. The number of anilines is 2. The summed E-state index contributed by atoms with van der Waals surface area (Å²) in [4.78, 5) is 11.9. The molecule has 1 aromatic rings. The standard InChI is InChI=1S/C18H29N5O.2ClH/c1-13-14(2)20-17(23-9-3-4-10-23)22-16(13)21-15-11-18(24-12-15)5-7-19-8-6-18;;/h15,19H,3-12H2,1-2H3,(H,20,21,22);2*1H. The Hall–Kier alpha value is -0.820. The van der Waals surface area contributed by atoms with Crippen molar-refractivity contribution < 1.29 is 4.74 Å². The molecule has 0 saturated carbocycles. The van der Waals surface area contributed by atoms with Crippen LogP contribution in [0, 0.1) is 13.8 Å². The molecule has 8 heteroatoms. The van der Waals surface area contributed by atoms with Crippen molar-refractivity contribution in [3.05, 3.63) is 11.3 Å². The molecule has 1 unspecified atom stereocenters. The van der Waals surface area contributed by atoms with Crippen molar-refractivity contribution in [1.29, 1.82) is 0 Å². The number of nitrogens with zero attached hydrogens (tertiary/aromatic N) is 3. The van der Waals surface area contributed by atoms with E-state index in [-0.39, 0.29) is 30.4 Å². The highest BCUT2D eigenvalue weighted by Gasteiger charge is 2.41. The second kappa shape index (κ2) is 8.91. The van der Waals surface area contributed by atoms with Crippen LogP contribution in [-0.4, -0.2) is 54.4 Å². The number of ether oxygens (including phenoxy) is 1. The molecule has 3 saturated heterocycles. The summed E-state index contributed by atoms with van der Waals surface area (Å²) in [6.45, 7) is 9.26. The average molecular weight is 404 g/mol. The number of hydrogen-bond acceptors (Lipinski definition) is 6. The van der Waals surface area contributed by atoms with Crippen LogP contribution in [-0.2, 0) is 4.74 Å². The number of aryl methyl sites for hydroxylation is 1. The average Bonchev–Trinajstić information content (AvgIpc) is 3.23. The maximum atomic E-state index is 6.21. The van der Waals surface area contributed by atoms with Gasteiger partial charge in [0.25, 0.3) is 0 Å². The number of rotatable bonds is 3. The summed E-state index contributed by atoms with van der Waals surface area (Å²) in [7, 11) is 0. The van der Waals surface area contributed by atoms with Gasteiger partial charge in [-0.3, -0.25) is 0 Å². The van der Waals surface area contributed by atoms with Gasteiger partial charge in [0.15, 0.2) is 0 Å². The van der Waals surface area contributed by atoms with Crippen molar-refractivity contribution in [1.82, 2.24) is 15.3 Å². The van der Waals surface area contributed by atoms with Gasteiger partial charge in [0.2, 0.25) is 5.95 Å². The molecule has 3 fully saturated rings. The van der Waals surface area contributed by atoms with Gasteiger partial charge in [-0.1, -0.05) is 0 Å². The maximum Gasteiger partial charge on any atom is 0.227 e. The van der Waals surface area contributed by atoms with E-state index in [0.29, 0.717) is 6.04 Å². The van der Waals surface area contributed by atoms with Crippen molar-refractivity contribution >= 4 is 36.6 Å². The Balaban J connectivity index is 0.00000121. The summed E-state index contributed by atoms with van der Waals surface area (Å²) in [6.07, 6.45) is 5.80. The lowest BCUT2D eigenvalue weighted by Gasteiger charge is -2.32. The lowest BCUT2D eigenvalue weighted by atomic mass is 9.88. The van der Waals surface area contributed by atoms with Gasteiger partial charge in [-0.25, -0.2) is 4.98 Å². The van der Waals surface area contributed by atoms with Crippen molar-refractivity contribution in [2.75, 3.05) is 43.0 Å². The molecule has 3 aliphatic rings. The highest BCUT2D eigenvalue weighted by molar-refractivity contribution is 5.85. The maximum absolute atomic E-state index is 6.21. The highest BCUT2D eigenvalue weighted by atomic mass is 35.5. The van der Waals surface area contributed by atoms with E-state index in [1.165, 1.54) is 12.8 Å². The normalized spacial score (nSPS) is 24.2. The third kappa shape index (κ3) is 4.35. The Bertz CT molecular complexity index is 603. The Labute approximate surface area is 168 Å². The molecule has 3 aliphatic heterocycles. The molecule has 1 spiro atoms. The number of aromatic nitrogens is 2. The van der Waals surface area contributed by atoms with Gasteiger partial charge in [0, 0.05) is 24.3 Å². The molecular formula is C18H31Cl2N5O. The molecule has 6 nitrogen and oxygen atoms in total. The van der Waals surface area contributed by atoms with Gasteiger partial charge in [0.1, 0.15) is 5.82 Å². The minimum absolute atomic E-state index is 0. The Morgan fingerprint density at radius 2 is 1.81 bits per heavy atom. The van der Waals surface area contributed by atoms with Crippen LogP contribution in [0.3, 0.4) is 0 Å². The largest absolute Gasteiger partial charge is 0.373 e. The first-order chi connectivity index (χ1) is 11.7. The van der Waals surface area contributed by atoms with E-state index < -0.39 is 0 Å². The molecule has 0 aromatic carbocycles. The predicted molar refractivity (Wildman–Crippen MR) is 110 cm³/mol. The smallest absolute Gasteiger partial charge is 0.227 e. The van der Waals surface area contributed by atoms with Crippen molar-refractivity contribution in [3.63, 3.8) is 0 Å². The van der Waals surface area contributed by atoms with E-state index in [2.05, 4.69) is 29.4 Å². The summed E-state index contributed by atoms with van der Waals surface area (Å²) >= 11 is 0. The molecule has 0 aliphatic carbocycles. The second-order valence-corrected chi connectivity index (χ2v) is 7.57. The fourth-order valence-electron chi connectivity index (χ4n) is 4.17. The third-order valence-electron chi connectivity index (χ3n) is 5.83. The number of piperidine rings is 1. The molecule has 4 rings (SSSR count). The van der Waals surface area contributed by atoms with Crippen LogP contribution < -0.4 is 15.5 Å². The lowest BCUT2D eigenvalue weighted by molar-refractivity contribution is -0.0192. The zero-order chi connectivity index (χ0) is 16.6. The van der Waals surface area contributed by atoms with Gasteiger partial charge in [-0.15, -0.1) is 24.8 Å². The zero-order valence-corrected chi connectivity index (χ0v) is 17.3. The first-order valence-corrected chi connectivity index (χ1v) is 9.37. The van der Waals surface area contributed by atoms with Crippen LogP contribution >= 0.6 is 24.8 Å². The molecule has 26 heavy (non-hydrogen) atoms. The van der Waals surface area contributed by atoms with E-state index in [1.807, 2.05) is 0 Å². The van der Waals surface area contributed by atoms with Crippen molar-refractivity contribution in [2.45, 2.75) is 57.6 Å². The van der Waals surface area contributed by atoms with Crippen LogP contribution in [0.25, 0.3) is 0 Å². The summed E-state index contributed by atoms with van der Waals surface area (Å²) in [5.41, 5.74) is 2.31. The summed E-state index contributed by atoms with van der Waals surface area (Å²) in [6, 6.07) is 0.350. The fourth-order valence-corrected chi connectivity index (χ4v) is 4.17. The van der Waals surface area contributed by atoms with Crippen LogP contribution in [0.4, 0.5) is 11.8 Å². The summed E-state index contributed by atoms with van der Waals surface area (Å²) in [5, 5.41) is 7.09. The van der Waals surface area contributed by atoms with E-state index in [0.717, 1.165) is 75.1 Å². The molecule has 4 heterocycles. The quantitative estimate of drug-likeness (QED) is 0.808. The summed E-state index contributed by atoms with van der Waals surface area (Å²) in [5.74, 6) is 1.87. The Morgan fingerprint density at radius 1 is 1.12 bits per heavy atom. The predicted octanol–water partition coefficient (Wildman–Crippen LogP) is 2.86. The Morgan fingerprint density at radius 3 is 2.50 bits per heavy atom. The first-order valence-electron chi connectivity index (χ1n) is 9.37. The van der Waals surface area contributed by atoms with Gasteiger partial charge >= 0.3 is 0 Å². The number of hydrogen-bond donors (Lipinski definition) is 2. The van der Waals surface area contributed by atoms with Crippen molar-refractivity contribution in [2.24, 2.45) is 0 Å². The summed E-state index contributed by atoms with van der Waals surface area (Å²) < 4.78 is 6.21. The molecule has 0 bridgehead atoms. The fraction of sp³-hybridized carbons (Fsp3) is 0.778. The minimum atomic E-state index is 0. The van der Waals surface area contributed by atoms with Crippen LogP contribution in [0.2, 0.25) is 0 Å². The van der Waals surface area contributed by atoms with E-state index in [1.54, 1.807) is 0 Å².